The highest BCUT2D eigenvalue weighted by molar-refractivity contribution is 5.96. The van der Waals surface area contributed by atoms with Crippen LogP contribution in [0.25, 0.3) is 0 Å². The molecule has 0 aliphatic rings. The molecule has 0 saturated carbocycles. The van der Waals surface area contributed by atoms with Gasteiger partial charge in [-0.05, 0) is 37.1 Å². The summed E-state index contributed by atoms with van der Waals surface area (Å²) in [5.41, 5.74) is -1.84. The Hall–Kier alpha value is -2.09. The van der Waals surface area contributed by atoms with Crippen LogP contribution in [0.4, 0.5) is 18.9 Å². The molecule has 0 radical (unpaired) electrons. The molecule has 1 atom stereocenters. The lowest BCUT2D eigenvalue weighted by Gasteiger charge is -2.26. The number of carbonyl (C=O) groups is 2. The van der Waals surface area contributed by atoms with E-state index >= 15 is 0 Å². The van der Waals surface area contributed by atoms with Gasteiger partial charge in [-0.15, -0.1) is 0 Å². The van der Waals surface area contributed by atoms with Crippen molar-refractivity contribution in [3.05, 3.63) is 29.3 Å². The summed E-state index contributed by atoms with van der Waals surface area (Å²) in [6, 6.07) is 4.75. The molecule has 8 heteroatoms. The van der Waals surface area contributed by atoms with Crippen molar-refractivity contribution >= 4 is 17.6 Å². The first-order chi connectivity index (χ1) is 10.0. The van der Waals surface area contributed by atoms with Crippen LogP contribution in [0, 0.1) is 13.8 Å². The molecule has 0 unspecified atom stereocenters. The number of methoxy groups -OCH3 is 1. The van der Waals surface area contributed by atoms with Crippen molar-refractivity contribution in [2.75, 3.05) is 12.4 Å². The number of ether oxygens (including phenoxy) is 1. The molecule has 0 aliphatic heterocycles. The van der Waals surface area contributed by atoms with Crippen molar-refractivity contribution in [1.29, 1.82) is 0 Å². The maximum atomic E-state index is 12.8. The molecule has 5 nitrogen and oxygen atoms in total. The average Bonchev–Trinajstić information content (AvgIpc) is 2.40. The number of benzene rings is 1. The SMILES string of the molecule is COC(=O)[C@@](O)(CC(=O)Nc1ccc(C)c(C)c1)C(F)(F)F. The largest absolute Gasteiger partial charge is 0.467 e. The van der Waals surface area contributed by atoms with Gasteiger partial charge in [-0.1, -0.05) is 6.07 Å². The van der Waals surface area contributed by atoms with Crippen molar-refractivity contribution in [3.63, 3.8) is 0 Å². The number of carbonyl (C=O) groups excluding carboxylic acids is 2. The van der Waals surface area contributed by atoms with Crippen LogP contribution in [-0.4, -0.2) is 35.9 Å². The van der Waals surface area contributed by atoms with Crippen LogP contribution < -0.4 is 5.32 Å². The first-order valence-electron chi connectivity index (χ1n) is 6.26. The van der Waals surface area contributed by atoms with E-state index in [1.807, 2.05) is 6.92 Å². The summed E-state index contributed by atoms with van der Waals surface area (Å²) in [4.78, 5) is 22.9. The van der Waals surface area contributed by atoms with E-state index in [0.29, 0.717) is 7.11 Å². The van der Waals surface area contributed by atoms with Crippen molar-refractivity contribution < 1.29 is 32.6 Å². The summed E-state index contributed by atoms with van der Waals surface area (Å²) in [5, 5.41) is 11.7. The van der Waals surface area contributed by atoms with Crippen molar-refractivity contribution in [3.8, 4) is 0 Å². The highest BCUT2D eigenvalue weighted by Crippen LogP contribution is 2.34. The molecule has 0 fully saturated rings. The quantitative estimate of drug-likeness (QED) is 0.833. The Kier molecular flexibility index (Phi) is 5.18. The zero-order valence-electron chi connectivity index (χ0n) is 12.2. The molecule has 1 aromatic carbocycles. The normalized spacial score (nSPS) is 14.1. The number of esters is 1. The van der Waals surface area contributed by atoms with Crippen LogP contribution in [0.15, 0.2) is 18.2 Å². The second-order valence-corrected chi connectivity index (χ2v) is 4.87. The molecule has 0 heterocycles. The first-order valence-corrected chi connectivity index (χ1v) is 6.26. The van der Waals surface area contributed by atoms with E-state index in [2.05, 4.69) is 10.1 Å². The highest BCUT2D eigenvalue weighted by atomic mass is 19.4. The number of nitrogens with one attached hydrogen (secondary N) is 1. The Morgan fingerprint density at radius 3 is 2.27 bits per heavy atom. The first kappa shape index (κ1) is 18.0. The van der Waals surface area contributed by atoms with Gasteiger partial charge >= 0.3 is 12.1 Å². The monoisotopic (exact) mass is 319 g/mol. The summed E-state index contributed by atoms with van der Waals surface area (Å²) < 4.78 is 42.4. The zero-order chi connectivity index (χ0) is 17.1. The van der Waals surface area contributed by atoms with Gasteiger partial charge in [0.15, 0.2) is 0 Å². The maximum Gasteiger partial charge on any atom is 0.428 e. The Bertz CT molecular complexity index is 586. The molecule has 1 rings (SSSR count). The molecule has 0 saturated heterocycles. The summed E-state index contributed by atoms with van der Waals surface area (Å²) in [6.07, 6.45) is -6.82. The number of rotatable bonds is 4. The predicted octanol–water partition coefficient (Wildman–Crippen LogP) is 2.10. The van der Waals surface area contributed by atoms with Gasteiger partial charge < -0.3 is 15.2 Å². The molecule has 2 N–H and O–H groups in total. The Morgan fingerprint density at radius 1 is 1.23 bits per heavy atom. The van der Waals surface area contributed by atoms with E-state index in [1.165, 1.54) is 6.07 Å². The fraction of sp³-hybridized carbons (Fsp3) is 0.429. The lowest BCUT2D eigenvalue weighted by atomic mass is 9.98. The van der Waals surface area contributed by atoms with Gasteiger partial charge in [0, 0.05) is 5.69 Å². The fourth-order valence-electron chi connectivity index (χ4n) is 1.71. The van der Waals surface area contributed by atoms with Crippen LogP contribution in [0.5, 0.6) is 0 Å². The third-order valence-electron chi connectivity index (χ3n) is 3.20. The van der Waals surface area contributed by atoms with Gasteiger partial charge in [0.25, 0.3) is 5.60 Å². The zero-order valence-corrected chi connectivity index (χ0v) is 12.2. The second kappa shape index (κ2) is 6.35. The molecule has 122 valence electrons. The highest BCUT2D eigenvalue weighted by Gasteiger charge is 2.61. The summed E-state index contributed by atoms with van der Waals surface area (Å²) >= 11 is 0. The number of hydrogen-bond acceptors (Lipinski definition) is 4. The van der Waals surface area contributed by atoms with Crippen LogP contribution in [0.1, 0.15) is 17.5 Å². The molecule has 0 aromatic heterocycles. The molecule has 1 aromatic rings. The smallest absolute Gasteiger partial charge is 0.428 e. The Balaban J connectivity index is 2.93. The minimum absolute atomic E-state index is 0.266. The molecular weight excluding hydrogens is 303 g/mol. The van der Waals surface area contributed by atoms with Crippen LogP contribution in [0.2, 0.25) is 0 Å². The standard InChI is InChI=1S/C14H16F3NO4/c1-8-4-5-10(6-9(8)2)18-11(19)7-13(21,12(20)22-3)14(15,16)17/h4-6,21H,7H2,1-3H3,(H,18,19)/t13-/m0/s1. The lowest BCUT2D eigenvalue weighted by molar-refractivity contribution is -0.261. The minimum Gasteiger partial charge on any atom is -0.467 e. The number of halogens is 3. The third-order valence-corrected chi connectivity index (χ3v) is 3.20. The van der Waals surface area contributed by atoms with E-state index in [4.69, 9.17) is 0 Å². The third kappa shape index (κ3) is 3.76. The van der Waals surface area contributed by atoms with Crippen molar-refractivity contribution in [1.82, 2.24) is 0 Å². The number of alkyl halides is 3. The fourth-order valence-corrected chi connectivity index (χ4v) is 1.71. The van der Waals surface area contributed by atoms with E-state index in [0.717, 1.165) is 11.1 Å². The molecule has 0 bridgehead atoms. The van der Waals surface area contributed by atoms with Gasteiger partial charge in [-0.2, -0.15) is 13.2 Å². The van der Waals surface area contributed by atoms with Gasteiger partial charge in [-0.3, -0.25) is 4.79 Å². The van der Waals surface area contributed by atoms with E-state index < -0.39 is 30.1 Å². The maximum absolute atomic E-state index is 12.8. The van der Waals surface area contributed by atoms with Crippen LogP contribution >= 0.6 is 0 Å². The number of aryl methyl sites for hydroxylation is 2. The Morgan fingerprint density at radius 2 is 1.82 bits per heavy atom. The summed E-state index contributed by atoms with van der Waals surface area (Å²) in [5.74, 6) is -3.09. The van der Waals surface area contributed by atoms with E-state index in [9.17, 15) is 27.9 Å². The number of amides is 1. The van der Waals surface area contributed by atoms with Crippen LogP contribution in [-0.2, 0) is 14.3 Å². The molecule has 0 aliphatic carbocycles. The van der Waals surface area contributed by atoms with Crippen LogP contribution in [0.3, 0.4) is 0 Å². The van der Waals surface area contributed by atoms with E-state index in [-0.39, 0.29) is 5.69 Å². The summed E-state index contributed by atoms with van der Waals surface area (Å²) in [7, 11) is 0.695. The molecule has 22 heavy (non-hydrogen) atoms. The Labute approximate surface area is 125 Å². The predicted molar refractivity (Wildman–Crippen MR) is 72.2 cm³/mol. The lowest BCUT2D eigenvalue weighted by Crippen LogP contribution is -2.54. The molecular formula is C14H16F3NO4. The van der Waals surface area contributed by atoms with Gasteiger partial charge in [0.05, 0.1) is 13.5 Å². The average molecular weight is 319 g/mol. The minimum atomic E-state index is -5.33. The number of aliphatic hydroxyl groups is 1. The number of anilines is 1. The summed E-state index contributed by atoms with van der Waals surface area (Å²) in [6.45, 7) is 3.60. The topological polar surface area (TPSA) is 75.6 Å². The van der Waals surface area contributed by atoms with E-state index in [1.54, 1.807) is 19.1 Å². The van der Waals surface area contributed by atoms with Gasteiger partial charge in [0.2, 0.25) is 5.91 Å². The number of hydrogen-bond donors (Lipinski definition) is 2. The van der Waals surface area contributed by atoms with Crippen molar-refractivity contribution in [2.24, 2.45) is 0 Å². The van der Waals surface area contributed by atoms with Crippen molar-refractivity contribution in [2.45, 2.75) is 32.0 Å². The van der Waals surface area contributed by atoms with Gasteiger partial charge in [-0.25, -0.2) is 4.79 Å². The molecule has 0 spiro atoms. The second-order valence-electron chi connectivity index (χ2n) is 4.87. The molecule has 1 amide bonds. The van der Waals surface area contributed by atoms with Gasteiger partial charge in [0.1, 0.15) is 0 Å².